The monoisotopic (exact) mass is 350 g/mol. The Kier molecular flexibility index (Phi) is 5.56. The van der Waals surface area contributed by atoms with E-state index in [0.717, 1.165) is 18.7 Å². The quantitative estimate of drug-likeness (QED) is 0.870. The molecule has 1 heterocycles. The predicted octanol–water partition coefficient (Wildman–Crippen LogP) is 3.00. The summed E-state index contributed by atoms with van der Waals surface area (Å²) in [4.78, 5) is 2.06. The van der Waals surface area contributed by atoms with Crippen molar-refractivity contribution in [3.05, 3.63) is 58.9 Å². The minimum absolute atomic E-state index is 0.0368. The highest BCUT2D eigenvalue weighted by molar-refractivity contribution is 6.30. The first-order chi connectivity index (χ1) is 11.7. The number of nitrogens with zero attached hydrogens (tertiary/aromatic N) is 1. The summed E-state index contributed by atoms with van der Waals surface area (Å²) in [6, 6.07) is 12.5. The van der Waals surface area contributed by atoms with Gasteiger partial charge in [-0.2, -0.15) is 0 Å². The van der Waals surface area contributed by atoms with E-state index in [1.807, 2.05) is 24.3 Å². The van der Waals surface area contributed by atoms with Crippen LogP contribution in [0.15, 0.2) is 42.5 Å². The average Bonchev–Trinajstić information content (AvgIpc) is 2.61. The van der Waals surface area contributed by atoms with Crippen molar-refractivity contribution < 1.29 is 14.2 Å². The third-order valence-electron chi connectivity index (χ3n) is 4.09. The summed E-state index contributed by atoms with van der Waals surface area (Å²) in [6.07, 6.45) is 0. The van der Waals surface area contributed by atoms with E-state index in [9.17, 15) is 4.39 Å². The van der Waals surface area contributed by atoms with E-state index in [1.165, 1.54) is 6.07 Å². The number of nitrogens with one attached hydrogen (secondary N) is 1. The number of benzene rings is 2. The molecular weight excluding hydrogens is 331 g/mol. The second-order valence-corrected chi connectivity index (χ2v) is 6.09. The number of hydrogen-bond acceptors (Lipinski definition) is 4. The molecule has 0 bridgehead atoms. The minimum atomic E-state index is -0.327. The third-order valence-corrected chi connectivity index (χ3v) is 4.34. The Labute approximate surface area is 145 Å². The molecule has 1 aliphatic heterocycles. The maximum absolute atomic E-state index is 14.6. The smallest absolute Gasteiger partial charge is 0.150 e. The number of aliphatic hydroxyl groups excluding tert-OH is 1. The van der Waals surface area contributed by atoms with E-state index in [0.29, 0.717) is 23.0 Å². The summed E-state index contributed by atoms with van der Waals surface area (Å²) in [5, 5.41) is 12.8. The minimum Gasteiger partial charge on any atom is -0.491 e. The zero-order chi connectivity index (χ0) is 16.9. The normalized spacial score (nSPS) is 17.8. The summed E-state index contributed by atoms with van der Waals surface area (Å²) in [5.41, 5.74) is 1.64. The molecule has 2 aromatic rings. The highest BCUT2D eigenvalue weighted by Gasteiger charge is 2.26. The molecule has 1 aliphatic rings. The van der Waals surface area contributed by atoms with Crippen LogP contribution in [0.1, 0.15) is 11.6 Å². The lowest BCUT2D eigenvalue weighted by atomic mass is 10.0. The fraction of sp³-hybridized carbons (Fsp3) is 0.333. The van der Waals surface area contributed by atoms with Crippen LogP contribution in [0.25, 0.3) is 0 Å². The second kappa shape index (κ2) is 7.83. The lowest BCUT2D eigenvalue weighted by molar-refractivity contribution is 0.201. The van der Waals surface area contributed by atoms with Gasteiger partial charge in [-0.15, -0.1) is 0 Å². The van der Waals surface area contributed by atoms with E-state index in [-0.39, 0.29) is 25.1 Å². The standard InChI is InChI=1S/C18H20ClFN2O2/c19-14-3-1-13(2-4-14)18-12-21-7-8-22(18)17-6-5-15(11-16(17)20)24-10-9-23/h1-6,11,18,21,23H,7-10,12H2. The van der Waals surface area contributed by atoms with Gasteiger partial charge in [0.25, 0.3) is 0 Å². The van der Waals surface area contributed by atoms with Crippen LogP contribution < -0.4 is 15.0 Å². The summed E-state index contributed by atoms with van der Waals surface area (Å²) in [5.74, 6) is 0.0924. The van der Waals surface area contributed by atoms with Gasteiger partial charge < -0.3 is 20.1 Å². The molecule has 1 saturated heterocycles. The molecule has 3 rings (SSSR count). The molecule has 0 saturated carbocycles. The van der Waals surface area contributed by atoms with E-state index in [2.05, 4.69) is 10.2 Å². The van der Waals surface area contributed by atoms with Crippen LogP contribution in [0.3, 0.4) is 0 Å². The van der Waals surface area contributed by atoms with Gasteiger partial charge in [0.2, 0.25) is 0 Å². The van der Waals surface area contributed by atoms with Crippen molar-refractivity contribution in [3.8, 4) is 5.75 Å². The molecule has 2 aromatic carbocycles. The van der Waals surface area contributed by atoms with Gasteiger partial charge in [0, 0.05) is 30.7 Å². The Morgan fingerprint density at radius 2 is 2.04 bits per heavy atom. The van der Waals surface area contributed by atoms with Crippen molar-refractivity contribution in [1.82, 2.24) is 5.32 Å². The number of anilines is 1. The highest BCUT2D eigenvalue weighted by atomic mass is 35.5. The summed E-state index contributed by atoms with van der Waals surface area (Å²) >= 11 is 5.97. The first-order valence-corrected chi connectivity index (χ1v) is 8.33. The van der Waals surface area contributed by atoms with Gasteiger partial charge in [-0.3, -0.25) is 0 Å². The number of ether oxygens (including phenoxy) is 1. The van der Waals surface area contributed by atoms with Crippen LogP contribution in [0.2, 0.25) is 5.02 Å². The van der Waals surface area contributed by atoms with E-state index in [1.54, 1.807) is 12.1 Å². The lowest BCUT2D eigenvalue weighted by Crippen LogP contribution is -2.46. The van der Waals surface area contributed by atoms with Gasteiger partial charge in [-0.25, -0.2) is 4.39 Å². The van der Waals surface area contributed by atoms with Gasteiger partial charge in [-0.05, 0) is 29.8 Å². The molecule has 1 fully saturated rings. The van der Waals surface area contributed by atoms with Crippen molar-refractivity contribution in [2.24, 2.45) is 0 Å². The first kappa shape index (κ1) is 17.0. The summed E-state index contributed by atoms with van der Waals surface area (Å²) in [6.45, 7) is 2.30. The molecule has 0 aromatic heterocycles. The Morgan fingerprint density at radius 3 is 2.75 bits per heavy atom. The number of rotatable bonds is 5. The molecule has 0 radical (unpaired) electrons. The van der Waals surface area contributed by atoms with Crippen LogP contribution in [0.5, 0.6) is 5.75 Å². The summed E-state index contributed by atoms with van der Waals surface area (Å²) in [7, 11) is 0. The van der Waals surface area contributed by atoms with Gasteiger partial charge in [-0.1, -0.05) is 23.7 Å². The molecule has 1 unspecified atom stereocenters. The van der Waals surface area contributed by atoms with Crippen LogP contribution in [-0.4, -0.2) is 38.0 Å². The molecule has 0 spiro atoms. The molecule has 0 amide bonds. The number of halogens is 2. The predicted molar refractivity (Wildman–Crippen MR) is 93.4 cm³/mol. The molecule has 128 valence electrons. The number of aliphatic hydroxyl groups is 1. The Bertz CT molecular complexity index is 681. The largest absolute Gasteiger partial charge is 0.491 e. The van der Waals surface area contributed by atoms with Crippen LogP contribution in [0, 0.1) is 5.82 Å². The molecule has 2 N–H and O–H groups in total. The van der Waals surface area contributed by atoms with Crippen molar-refractivity contribution in [2.75, 3.05) is 37.7 Å². The first-order valence-electron chi connectivity index (χ1n) is 7.95. The fourth-order valence-electron chi connectivity index (χ4n) is 2.95. The molecule has 4 nitrogen and oxygen atoms in total. The third kappa shape index (κ3) is 3.80. The maximum atomic E-state index is 14.6. The Hall–Kier alpha value is -1.82. The fourth-order valence-corrected chi connectivity index (χ4v) is 3.08. The highest BCUT2D eigenvalue weighted by Crippen LogP contribution is 2.32. The molecule has 6 heteroatoms. The van der Waals surface area contributed by atoms with Gasteiger partial charge in [0.1, 0.15) is 18.2 Å². The van der Waals surface area contributed by atoms with Gasteiger partial charge in [0.15, 0.2) is 0 Å². The van der Waals surface area contributed by atoms with E-state index in [4.69, 9.17) is 21.4 Å². The SMILES string of the molecule is OCCOc1ccc(N2CCNCC2c2ccc(Cl)cc2)c(F)c1. The molecule has 1 atom stereocenters. The summed E-state index contributed by atoms with van der Waals surface area (Å²) < 4.78 is 19.9. The Morgan fingerprint density at radius 1 is 1.25 bits per heavy atom. The molecule has 0 aliphatic carbocycles. The maximum Gasteiger partial charge on any atom is 0.150 e. The second-order valence-electron chi connectivity index (χ2n) is 5.65. The van der Waals surface area contributed by atoms with Crippen molar-refractivity contribution in [3.63, 3.8) is 0 Å². The topological polar surface area (TPSA) is 44.7 Å². The van der Waals surface area contributed by atoms with Crippen molar-refractivity contribution in [1.29, 1.82) is 0 Å². The van der Waals surface area contributed by atoms with Gasteiger partial charge >= 0.3 is 0 Å². The van der Waals surface area contributed by atoms with E-state index >= 15 is 0 Å². The van der Waals surface area contributed by atoms with Crippen molar-refractivity contribution >= 4 is 17.3 Å². The average molecular weight is 351 g/mol. The van der Waals surface area contributed by atoms with Crippen molar-refractivity contribution in [2.45, 2.75) is 6.04 Å². The van der Waals surface area contributed by atoms with E-state index < -0.39 is 0 Å². The Balaban J connectivity index is 1.86. The zero-order valence-corrected chi connectivity index (χ0v) is 14.0. The number of piperazine rings is 1. The molecular formula is C18H20ClFN2O2. The number of hydrogen-bond donors (Lipinski definition) is 2. The zero-order valence-electron chi connectivity index (χ0n) is 13.2. The van der Waals surface area contributed by atoms with Crippen LogP contribution in [0.4, 0.5) is 10.1 Å². The lowest BCUT2D eigenvalue weighted by Gasteiger charge is -2.38. The van der Waals surface area contributed by atoms with Crippen LogP contribution in [-0.2, 0) is 0 Å². The van der Waals surface area contributed by atoms with Crippen LogP contribution >= 0.6 is 11.6 Å². The molecule has 24 heavy (non-hydrogen) atoms. The van der Waals surface area contributed by atoms with Gasteiger partial charge in [0.05, 0.1) is 18.3 Å².